The first-order valence-corrected chi connectivity index (χ1v) is 7.22. The number of nitrogens with zero attached hydrogens (tertiary/aromatic N) is 1. The fourth-order valence-corrected chi connectivity index (χ4v) is 2.76. The number of amides is 1. The van der Waals surface area contributed by atoms with Gasteiger partial charge in [-0.1, -0.05) is 0 Å². The highest BCUT2D eigenvalue weighted by molar-refractivity contribution is 5.85. The molecule has 1 atom stereocenters. The van der Waals surface area contributed by atoms with Gasteiger partial charge in [-0.2, -0.15) is 0 Å². The zero-order valence-corrected chi connectivity index (χ0v) is 13.3. The van der Waals surface area contributed by atoms with Gasteiger partial charge in [-0.15, -0.1) is 0 Å². The normalized spacial score (nSPS) is 16.7. The van der Waals surface area contributed by atoms with Crippen LogP contribution in [0.25, 0.3) is 0 Å². The van der Waals surface area contributed by atoms with Crippen LogP contribution in [0.3, 0.4) is 0 Å². The molecule has 1 amide bonds. The molecule has 0 fully saturated rings. The molecule has 0 saturated carbocycles. The lowest BCUT2D eigenvalue weighted by Gasteiger charge is -2.35. The highest BCUT2D eigenvalue weighted by Gasteiger charge is 2.36. The predicted octanol–water partition coefficient (Wildman–Crippen LogP) is 1.71. The van der Waals surface area contributed by atoms with Crippen LogP contribution < -0.4 is 9.47 Å². The molecule has 2 rings (SSSR count). The molecular weight excluding hydrogens is 286 g/mol. The number of rotatable bonds is 4. The SMILES string of the molecule is CCOC(=O)C1c2cc(OC)c(OC)cc2CCN1C(C)=O. The number of hydrogen-bond donors (Lipinski definition) is 0. The highest BCUT2D eigenvalue weighted by Crippen LogP contribution is 2.38. The smallest absolute Gasteiger partial charge is 0.333 e. The molecule has 1 aliphatic heterocycles. The molecule has 6 heteroatoms. The van der Waals surface area contributed by atoms with Crippen molar-refractivity contribution in [2.75, 3.05) is 27.4 Å². The van der Waals surface area contributed by atoms with E-state index >= 15 is 0 Å². The largest absolute Gasteiger partial charge is 0.493 e. The Morgan fingerprint density at radius 2 is 1.86 bits per heavy atom. The van der Waals surface area contributed by atoms with Crippen LogP contribution >= 0.6 is 0 Å². The molecule has 0 spiro atoms. The highest BCUT2D eigenvalue weighted by atomic mass is 16.5. The first kappa shape index (κ1) is 16.1. The minimum absolute atomic E-state index is 0.154. The molecule has 0 aromatic heterocycles. The van der Waals surface area contributed by atoms with Crippen molar-refractivity contribution in [1.82, 2.24) is 4.90 Å². The van der Waals surface area contributed by atoms with E-state index in [1.54, 1.807) is 20.1 Å². The van der Waals surface area contributed by atoms with Gasteiger partial charge in [0, 0.05) is 13.5 Å². The fraction of sp³-hybridized carbons (Fsp3) is 0.500. The first-order chi connectivity index (χ1) is 10.5. The van der Waals surface area contributed by atoms with Crippen LogP contribution in [0.5, 0.6) is 11.5 Å². The van der Waals surface area contributed by atoms with Gasteiger partial charge >= 0.3 is 5.97 Å². The number of carbonyl (C=O) groups excluding carboxylic acids is 2. The van der Waals surface area contributed by atoms with Gasteiger partial charge in [0.15, 0.2) is 17.5 Å². The van der Waals surface area contributed by atoms with Crippen LogP contribution in [-0.2, 0) is 20.7 Å². The Hall–Kier alpha value is -2.24. The van der Waals surface area contributed by atoms with E-state index in [2.05, 4.69) is 0 Å². The third kappa shape index (κ3) is 2.86. The number of hydrogen-bond acceptors (Lipinski definition) is 5. The fourth-order valence-electron chi connectivity index (χ4n) is 2.76. The van der Waals surface area contributed by atoms with Crippen LogP contribution in [0.1, 0.15) is 31.0 Å². The van der Waals surface area contributed by atoms with Crippen molar-refractivity contribution in [1.29, 1.82) is 0 Å². The van der Waals surface area contributed by atoms with Crippen LogP contribution in [0.15, 0.2) is 12.1 Å². The standard InChI is InChI=1S/C16H21NO5/c1-5-22-16(19)15-12-9-14(21-4)13(20-3)8-11(12)6-7-17(15)10(2)18/h8-9,15H,5-7H2,1-4H3. The van der Waals surface area contributed by atoms with Crippen LogP contribution in [0, 0.1) is 0 Å². The Balaban J connectivity index is 2.53. The third-order valence-electron chi connectivity index (χ3n) is 3.79. The first-order valence-electron chi connectivity index (χ1n) is 7.22. The van der Waals surface area contributed by atoms with E-state index in [4.69, 9.17) is 14.2 Å². The van der Waals surface area contributed by atoms with Gasteiger partial charge < -0.3 is 19.1 Å². The van der Waals surface area contributed by atoms with E-state index in [1.807, 2.05) is 6.07 Å². The number of carbonyl (C=O) groups is 2. The van der Waals surface area contributed by atoms with E-state index < -0.39 is 12.0 Å². The molecule has 1 unspecified atom stereocenters. The number of fused-ring (bicyclic) bond motifs is 1. The molecule has 1 heterocycles. The second-order valence-electron chi connectivity index (χ2n) is 5.02. The maximum Gasteiger partial charge on any atom is 0.333 e. The molecule has 6 nitrogen and oxygen atoms in total. The zero-order valence-electron chi connectivity index (χ0n) is 13.3. The summed E-state index contributed by atoms with van der Waals surface area (Å²) in [6.07, 6.45) is 0.658. The molecule has 0 saturated heterocycles. The summed E-state index contributed by atoms with van der Waals surface area (Å²) in [5.41, 5.74) is 1.70. The summed E-state index contributed by atoms with van der Waals surface area (Å²) in [5, 5.41) is 0. The topological polar surface area (TPSA) is 65.1 Å². The van der Waals surface area contributed by atoms with Crippen molar-refractivity contribution >= 4 is 11.9 Å². The van der Waals surface area contributed by atoms with E-state index in [-0.39, 0.29) is 12.5 Å². The monoisotopic (exact) mass is 307 g/mol. The molecule has 22 heavy (non-hydrogen) atoms. The van der Waals surface area contributed by atoms with E-state index in [0.717, 1.165) is 11.1 Å². The second kappa shape index (κ2) is 6.68. The summed E-state index contributed by atoms with van der Waals surface area (Å²) in [7, 11) is 3.10. The summed E-state index contributed by atoms with van der Waals surface area (Å²) >= 11 is 0. The van der Waals surface area contributed by atoms with Crippen LogP contribution in [0.4, 0.5) is 0 Å². The quantitative estimate of drug-likeness (QED) is 0.792. The van der Waals surface area contributed by atoms with Crippen molar-refractivity contribution in [2.45, 2.75) is 26.3 Å². The molecule has 1 aromatic rings. The molecule has 1 aromatic carbocycles. The lowest BCUT2D eigenvalue weighted by Crippen LogP contribution is -2.43. The number of benzene rings is 1. The van der Waals surface area contributed by atoms with Crippen LogP contribution in [0.2, 0.25) is 0 Å². The Bertz CT molecular complexity index is 584. The average molecular weight is 307 g/mol. The third-order valence-corrected chi connectivity index (χ3v) is 3.79. The lowest BCUT2D eigenvalue weighted by atomic mass is 9.91. The van der Waals surface area contributed by atoms with Gasteiger partial charge in [-0.25, -0.2) is 4.79 Å². The summed E-state index contributed by atoms with van der Waals surface area (Å²) in [6, 6.07) is 2.88. The molecule has 0 radical (unpaired) electrons. The Kier molecular flexibility index (Phi) is 4.90. The molecule has 0 N–H and O–H groups in total. The van der Waals surface area contributed by atoms with E-state index in [9.17, 15) is 9.59 Å². The van der Waals surface area contributed by atoms with Crippen molar-refractivity contribution in [3.8, 4) is 11.5 Å². The number of ether oxygens (including phenoxy) is 3. The molecule has 0 bridgehead atoms. The van der Waals surface area contributed by atoms with Gasteiger partial charge in [-0.05, 0) is 36.6 Å². The minimum atomic E-state index is -0.735. The Morgan fingerprint density at radius 1 is 1.23 bits per heavy atom. The van der Waals surface area contributed by atoms with Crippen LogP contribution in [-0.4, -0.2) is 44.1 Å². The van der Waals surface area contributed by atoms with E-state index in [1.165, 1.54) is 18.9 Å². The Labute approximate surface area is 129 Å². The van der Waals surface area contributed by atoms with Crippen molar-refractivity contribution in [2.24, 2.45) is 0 Å². The molecular formula is C16H21NO5. The number of esters is 1. The van der Waals surface area contributed by atoms with Gasteiger partial charge in [0.25, 0.3) is 0 Å². The maximum absolute atomic E-state index is 12.3. The van der Waals surface area contributed by atoms with Gasteiger partial charge in [0.2, 0.25) is 5.91 Å². The summed E-state index contributed by atoms with van der Waals surface area (Å²) in [5.74, 6) is 0.561. The maximum atomic E-state index is 12.3. The minimum Gasteiger partial charge on any atom is -0.493 e. The summed E-state index contributed by atoms with van der Waals surface area (Å²) < 4.78 is 15.7. The zero-order chi connectivity index (χ0) is 16.3. The predicted molar refractivity (Wildman–Crippen MR) is 80.0 cm³/mol. The summed E-state index contributed by atoms with van der Waals surface area (Å²) in [4.78, 5) is 25.7. The van der Waals surface area contributed by atoms with E-state index in [0.29, 0.717) is 24.5 Å². The lowest BCUT2D eigenvalue weighted by molar-refractivity contribution is -0.155. The second-order valence-corrected chi connectivity index (χ2v) is 5.02. The number of methoxy groups -OCH3 is 2. The summed E-state index contributed by atoms with van der Waals surface area (Å²) in [6.45, 7) is 3.94. The van der Waals surface area contributed by atoms with Crippen molar-refractivity contribution < 1.29 is 23.8 Å². The van der Waals surface area contributed by atoms with Gasteiger partial charge in [0.05, 0.1) is 20.8 Å². The molecule has 0 aliphatic carbocycles. The molecule has 1 aliphatic rings. The van der Waals surface area contributed by atoms with Crippen molar-refractivity contribution in [3.63, 3.8) is 0 Å². The molecule has 120 valence electrons. The van der Waals surface area contributed by atoms with Gasteiger partial charge in [-0.3, -0.25) is 4.79 Å². The van der Waals surface area contributed by atoms with Crippen molar-refractivity contribution in [3.05, 3.63) is 23.3 Å². The Morgan fingerprint density at radius 3 is 2.41 bits per heavy atom. The van der Waals surface area contributed by atoms with Gasteiger partial charge in [0.1, 0.15) is 0 Å². The average Bonchev–Trinajstić information content (AvgIpc) is 2.52.